The van der Waals surface area contributed by atoms with Crippen LogP contribution in [0.25, 0.3) is 0 Å². The third-order valence-corrected chi connectivity index (χ3v) is 4.62. The average Bonchev–Trinajstić information content (AvgIpc) is 3.26. The lowest BCUT2D eigenvalue weighted by molar-refractivity contribution is -0.136. The Bertz CT molecular complexity index is 799. The second-order valence-electron chi connectivity index (χ2n) is 6.30. The van der Waals surface area contributed by atoms with Crippen LogP contribution in [0.15, 0.2) is 30.5 Å². The fraction of sp³-hybridized carbons (Fsp3) is 0.353. The molecule has 124 valence electrons. The number of benzene rings is 1. The van der Waals surface area contributed by atoms with Gasteiger partial charge in [0.2, 0.25) is 11.8 Å². The van der Waals surface area contributed by atoms with Gasteiger partial charge >= 0.3 is 0 Å². The topological polar surface area (TPSA) is 67.2 Å². The Balaban J connectivity index is 1.47. The average molecular weight is 328 g/mol. The standard InChI is InChI=1S/C17H17FN4O2/c18-14-3-1-11(2-4-14)8-22-15-10-21(9-13(15)7-20-22)17(24)12-5-16(23)19-6-12/h1-4,7,12H,5-6,8-10H2,(H,19,23). The minimum absolute atomic E-state index is 0.0119. The lowest BCUT2D eigenvalue weighted by Crippen LogP contribution is -2.33. The number of halogens is 1. The minimum Gasteiger partial charge on any atom is -0.355 e. The molecule has 1 fully saturated rings. The second-order valence-corrected chi connectivity index (χ2v) is 6.30. The Morgan fingerprint density at radius 1 is 1.29 bits per heavy atom. The quantitative estimate of drug-likeness (QED) is 0.916. The van der Waals surface area contributed by atoms with Crippen molar-refractivity contribution in [3.63, 3.8) is 0 Å². The van der Waals surface area contributed by atoms with Gasteiger partial charge in [-0.15, -0.1) is 0 Å². The summed E-state index contributed by atoms with van der Waals surface area (Å²) in [6.07, 6.45) is 2.05. The van der Waals surface area contributed by atoms with Crippen molar-refractivity contribution < 1.29 is 14.0 Å². The predicted octanol–water partition coefficient (Wildman–Crippen LogP) is 1.05. The van der Waals surface area contributed by atoms with E-state index in [-0.39, 0.29) is 30.0 Å². The lowest BCUT2D eigenvalue weighted by atomic mass is 10.1. The smallest absolute Gasteiger partial charge is 0.228 e. The van der Waals surface area contributed by atoms with Gasteiger partial charge in [-0.3, -0.25) is 14.3 Å². The molecule has 2 amide bonds. The zero-order valence-electron chi connectivity index (χ0n) is 13.0. The zero-order chi connectivity index (χ0) is 16.7. The van der Waals surface area contributed by atoms with Gasteiger partial charge < -0.3 is 10.2 Å². The number of nitrogens with zero attached hydrogens (tertiary/aromatic N) is 3. The Morgan fingerprint density at radius 3 is 2.79 bits per heavy atom. The van der Waals surface area contributed by atoms with Crippen molar-refractivity contribution in [3.05, 3.63) is 53.1 Å². The first-order valence-electron chi connectivity index (χ1n) is 7.93. The highest BCUT2D eigenvalue weighted by Crippen LogP contribution is 2.26. The van der Waals surface area contributed by atoms with E-state index in [9.17, 15) is 14.0 Å². The summed E-state index contributed by atoms with van der Waals surface area (Å²) in [5.41, 5.74) is 2.99. The molecule has 1 saturated heterocycles. The van der Waals surface area contributed by atoms with Crippen LogP contribution < -0.4 is 5.32 Å². The highest BCUT2D eigenvalue weighted by molar-refractivity contribution is 5.89. The van der Waals surface area contributed by atoms with E-state index in [2.05, 4.69) is 10.4 Å². The van der Waals surface area contributed by atoms with Crippen LogP contribution in [0.4, 0.5) is 4.39 Å². The number of rotatable bonds is 3. The van der Waals surface area contributed by atoms with Crippen molar-refractivity contribution in [1.82, 2.24) is 20.0 Å². The number of nitrogens with one attached hydrogen (secondary N) is 1. The van der Waals surface area contributed by atoms with Crippen LogP contribution in [0, 0.1) is 11.7 Å². The number of carbonyl (C=O) groups excluding carboxylic acids is 2. The van der Waals surface area contributed by atoms with E-state index in [0.29, 0.717) is 26.2 Å². The van der Waals surface area contributed by atoms with Crippen LogP contribution in [-0.2, 0) is 29.2 Å². The summed E-state index contributed by atoms with van der Waals surface area (Å²) in [7, 11) is 0. The molecule has 2 aliphatic rings. The summed E-state index contributed by atoms with van der Waals surface area (Å²) in [4.78, 5) is 25.6. The molecule has 0 bridgehead atoms. The van der Waals surface area contributed by atoms with Gasteiger partial charge in [-0.05, 0) is 17.7 Å². The first-order valence-corrected chi connectivity index (χ1v) is 7.93. The largest absolute Gasteiger partial charge is 0.355 e. The van der Waals surface area contributed by atoms with Crippen LogP contribution in [0.5, 0.6) is 0 Å². The normalized spacial score (nSPS) is 19.5. The summed E-state index contributed by atoms with van der Waals surface area (Å²) in [6, 6.07) is 6.33. The molecule has 1 atom stereocenters. The molecular formula is C17H17FN4O2. The third-order valence-electron chi connectivity index (χ3n) is 4.62. The molecule has 0 spiro atoms. The van der Waals surface area contributed by atoms with Crippen molar-refractivity contribution >= 4 is 11.8 Å². The Hall–Kier alpha value is -2.70. The summed E-state index contributed by atoms with van der Waals surface area (Å²) < 4.78 is 14.9. The van der Waals surface area contributed by atoms with E-state index in [1.54, 1.807) is 23.2 Å². The van der Waals surface area contributed by atoms with Crippen LogP contribution in [-0.4, -0.2) is 33.0 Å². The molecule has 4 rings (SSSR count). The van der Waals surface area contributed by atoms with Crippen molar-refractivity contribution in [1.29, 1.82) is 0 Å². The molecule has 1 N–H and O–H groups in total. The maximum Gasteiger partial charge on any atom is 0.228 e. The van der Waals surface area contributed by atoms with E-state index >= 15 is 0 Å². The molecule has 7 heteroatoms. The second kappa shape index (κ2) is 5.74. The van der Waals surface area contributed by atoms with Gasteiger partial charge in [-0.25, -0.2) is 4.39 Å². The first kappa shape index (κ1) is 14.9. The maximum absolute atomic E-state index is 13.0. The van der Waals surface area contributed by atoms with E-state index in [1.165, 1.54) is 12.1 Å². The number of amides is 2. The molecule has 2 aliphatic heterocycles. The Labute approximate surface area is 138 Å². The molecule has 0 aliphatic carbocycles. The number of aromatic nitrogens is 2. The van der Waals surface area contributed by atoms with Gasteiger partial charge in [-0.1, -0.05) is 12.1 Å². The van der Waals surface area contributed by atoms with Crippen molar-refractivity contribution in [2.75, 3.05) is 6.54 Å². The summed E-state index contributed by atoms with van der Waals surface area (Å²) in [5, 5.41) is 7.08. The van der Waals surface area contributed by atoms with Crippen LogP contribution in [0.3, 0.4) is 0 Å². The summed E-state index contributed by atoms with van der Waals surface area (Å²) in [5.74, 6) is -0.577. The predicted molar refractivity (Wildman–Crippen MR) is 83.1 cm³/mol. The Morgan fingerprint density at radius 2 is 2.08 bits per heavy atom. The molecule has 6 nitrogen and oxygen atoms in total. The van der Waals surface area contributed by atoms with Gasteiger partial charge in [0.1, 0.15) is 5.82 Å². The molecule has 3 heterocycles. The number of hydrogen-bond donors (Lipinski definition) is 1. The zero-order valence-corrected chi connectivity index (χ0v) is 13.0. The maximum atomic E-state index is 13.0. The monoisotopic (exact) mass is 328 g/mol. The molecule has 24 heavy (non-hydrogen) atoms. The van der Waals surface area contributed by atoms with E-state index in [4.69, 9.17) is 0 Å². The fourth-order valence-electron chi connectivity index (χ4n) is 3.30. The molecule has 0 radical (unpaired) electrons. The summed E-state index contributed by atoms with van der Waals surface area (Å²) in [6.45, 7) is 2.00. The highest BCUT2D eigenvalue weighted by Gasteiger charge is 2.35. The third kappa shape index (κ3) is 2.66. The van der Waals surface area contributed by atoms with Gasteiger partial charge in [0.05, 0.1) is 30.9 Å². The molecule has 1 unspecified atom stereocenters. The van der Waals surface area contributed by atoms with Crippen molar-refractivity contribution in [2.24, 2.45) is 5.92 Å². The molecule has 2 aromatic rings. The number of carbonyl (C=O) groups is 2. The number of hydrogen-bond acceptors (Lipinski definition) is 3. The minimum atomic E-state index is -0.264. The van der Waals surface area contributed by atoms with Crippen LogP contribution >= 0.6 is 0 Å². The molecular weight excluding hydrogens is 311 g/mol. The van der Waals surface area contributed by atoms with Gasteiger partial charge in [0, 0.05) is 25.1 Å². The van der Waals surface area contributed by atoms with E-state index < -0.39 is 0 Å². The molecule has 1 aromatic heterocycles. The van der Waals surface area contributed by atoms with Crippen LogP contribution in [0.1, 0.15) is 23.2 Å². The van der Waals surface area contributed by atoms with Crippen molar-refractivity contribution in [2.45, 2.75) is 26.1 Å². The first-order chi connectivity index (χ1) is 11.6. The van der Waals surface area contributed by atoms with Crippen molar-refractivity contribution in [3.8, 4) is 0 Å². The van der Waals surface area contributed by atoms with E-state index in [1.807, 2.05) is 4.68 Å². The highest BCUT2D eigenvalue weighted by atomic mass is 19.1. The Kier molecular flexibility index (Phi) is 3.55. The number of fused-ring (bicyclic) bond motifs is 1. The molecule has 1 aromatic carbocycles. The summed E-state index contributed by atoms with van der Waals surface area (Å²) >= 11 is 0. The van der Waals surface area contributed by atoms with E-state index in [0.717, 1.165) is 16.8 Å². The van der Waals surface area contributed by atoms with Crippen LogP contribution in [0.2, 0.25) is 0 Å². The molecule has 0 saturated carbocycles. The SMILES string of the molecule is O=C1CC(C(=O)N2Cc3cnn(Cc4ccc(F)cc4)c3C2)CN1. The fourth-order valence-corrected chi connectivity index (χ4v) is 3.30. The lowest BCUT2D eigenvalue weighted by Gasteiger charge is -2.19. The van der Waals surface area contributed by atoms with Gasteiger partial charge in [-0.2, -0.15) is 5.10 Å². The van der Waals surface area contributed by atoms with Gasteiger partial charge in [0.25, 0.3) is 0 Å². The van der Waals surface area contributed by atoms with Gasteiger partial charge in [0.15, 0.2) is 0 Å².